The van der Waals surface area contributed by atoms with Crippen LogP contribution in [0.3, 0.4) is 0 Å². The Morgan fingerprint density at radius 1 is 1.56 bits per heavy atom. The number of azide groups is 1. The topological polar surface area (TPSA) is 165 Å². The van der Waals surface area contributed by atoms with Gasteiger partial charge in [0.05, 0.1) is 12.6 Å². The molecule has 0 saturated heterocycles. The number of hydrogen-bond donors (Lipinski definition) is 3. The maximum Gasteiger partial charge on any atom is 0.406 e. The molecule has 0 aliphatic carbocycles. The number of aromatic hydroxyl groups is 1. The molecule has 1 aromatic heterocycles. The van der Waals surface area contributed by atoms with E-state index in [-0.39, 0.29) is 5.69 Å². The Morgan fingerprint density at radius 2 is 2.22 bits per heavy atom. The van der Waals surface area contributed by atoms with Crippen LogP contribution < -0.4 is 0 Å². The molecule has 0 amide bonds. The quantitative estimate of drug-likeness (QED) is 0.226. The van der Waals surface area contributed by atoms with Gasteiger partial charge in [0.15, 0.2) is 5.69 Å². The van der Waals surface area contributed by atoms with Crippen molar-refractivity contribution < 1.29 is 20.2 Å². The van der Waals surface area contributed by atoms with Crippen LogP contribution in [0.1, 0.15) is 11.8 Å². The van der Waals surface area contributed by atoms with Crippen molar-refractivity contribution in [3.8, 4) is 5.75 Å². The van der Waals surface area contributed by atoms with Gasteiger partial charge in [0.25, 0.3) is 0 Å². The van der Waals surface area contributed by atoms with E-state index in [1.165, 1.54) is 0 Å². The Morgan fingerprint density at radius 3 is 2.78 bits per heavy atom. The van der Waals surface area contributed by atoms with Crippen LogP contribution >= 0.6 is 0 Å². The molecule has 10 nitrogen and oxygen atoms in total. The van der Waals surface area contributed by atoms with Crippen molar-refractivity contribution in [3.63, 3.8) is 0 Å². The first-order valence-electron chi connectivity index (χ1n) is 4.68. The zero-order valence-electron chi connectivity index (χ0n) is 8.91. The molecular weight excluding hydrogens is 246 g/mol. The van der Waals surface area contributed by atoms with Crippen LogP contribution in [-0.4, -0.2) is 37.9 Å². The zero-order valence-corrected chi connectivity index (χ0v) is 8.91. The maximum atomic E-state index is 10.5. The first-order chi connectivity index (χ1) is 8.47. The Labute approximate surface area is 99.9 Å². The van der Waals surface area contributed by atoms with Crippen LogP contribution in [0.25, 0.3) is 10.4 Å². The summed E-state index contributed by atoms with van der Waals surface area (Å²) in [5.41, 5.74) is 7.84. The van der Waals surface area contributed by atoms with Crippen LogP contribution in [0.4, 0.5) is 5.82 Å². The van der Waals surface area contributed by atoms with E-state index in [4.69, 9.17) is 10.6 Å². The molecule has 3 N–H and O–H groups in total. The lowest BCUT2D eigenvalue weighted by Gasteiger charge is -2.12. The van der Waals surface area contributed by atoms with E-state index in [2.05, 4.69) is 15.0 Å². The highest BCUT2D eigenvalue weighted by molar-refractivity contribution is 5.39. The molecule has 0 bridgehead atoms. The molecule has 96 valence electrons. The van der Waals surface area contributed by atoms with Crippen LogP contribution in [0, 0.1) is 10.1 Å². The van der Waals surface area contributed by atoms with E-state index >= 15 is 0 Å². The van der Waals surface area contributed by atoms with Crippen LogP contribution in [0.2, 0.25) is 0 Å². The van der Waals surface area contributed by atoms with Crippen molar-refractivity contribution in [2.24, 2.45) is 5.11 Å². The summed E-state index contributed by atoms with van der Waals surface area (Å²) in [5, 5.41) is 41.7. The van der Waals surface area contributed by atoms with Crippen molar-refractivity contribution in [1.29, 1.82) is 0 Å². The molecular formula is C8H9N5O5. The van der Waals surface area contributed by atoms with E-state index in [1.54, 1.807) is 0 Å². The van der Waals surface area contributed by atoms with Crippen LogP contribution in [0.15, 0.2) is 17.2 Å². The monoisotopic (exact) mass is 255 g/mol. The van der Waals surface area contributed by atoms with Crippen LogP contribution in [0.5, 0.6) is 5.75 Å². The van der Waals surface area contributed by atoms with Gasteiger partial charge in [-0.25, -0.2) is 0 Å². The van der Waals surface area contributed by atoms with Crippen molar-refractivity contribution in [3.05, 3.63) is 38.4 Å². The standard InChI is InChI=1S/C8H9N5O5/c9-12-10-3-6(15)7(16)4-1-2-5(14)8(11-4)13(17)18/h1-2,6-7,14-16H,3H2. The molecule has 0 spiro atoms. The van der Waals surface area contributed by atoms with Gasteiger partial charge < -0.3 is 25.4 Å². The first kappa shape index (κ1) is 13.6. The maximum absolute atomic E-state index is 10.5. The minimum Gasteiger partial charge on any atom is -0.501 e. The SMILES string of the molecule is [N-]=[N+]=NCC(O)C(O)c1ccc(O)c([N+](=O)[O-])n1. The molecule has 0 aliphatic rings. The molecule has 1 heterocycles. The highest BCUT2D eigenvalue weighted by atomic mass is 16.6. The number of nitrogens with zero attached hydrogens (tertiary/aromatic N) is 5. The van der Waals surface area contributed by atoms with E-state index in [9.17, 15) is 20.3 Å². The molecule has 0 saturated carbocycles. The van der Waals surface area contributed by atoms with Crippen molar-refractivity contribution in [2.75, 3.05) is 6.54 Å². The van der Waals surface area contributed by atoms with Gasteiger partial charge in [-0.2, -0.15) is 0 Å². The molecule has 10 heteroatoms. The highest BCUT2D eigenvalue weighted by Gasteiger charge is 2.26. The van der Waals surface area contributed by atoms with E-state index in [0.29, 0.717) is 0 Å². The smallest absolute Gasteiger partial charge is 0.406 e. The fourth-order valence-electron chi connectivity index (χ4n) is 1.17. The molecule has 0 aliphatic heterocycles. The fraction of sp³-hybridized carbons (Fsp3) is 0.375. The summed E-state index contributed by atoms with van der Waals surface area (Å²) in [6.45, 7) is -0.409. The van der Waals surface area contributed by atoms with Gasteiger partial charge in [0.1, 0.15) is 6.10 Å². The van der Waals surface area contributed by atoms with Crippen molar-refractivity contribution in [2.45, 2.75) is 12.2 Å². The van der Waals surface area contributed by atoms with Crippen LogP contribution in [-0.2, 0) is 0 Å². The van der Waals surface area contributed by atoms with Crippen molar-refractivity contribution >= 4 is 5.82 Å². The Kier molecular flexibility index (Phi) is 4.38. The normalized spacial score (nSPS) is 13.4. The second-order valence-corrected chi connectivity index (χ2v) is 3.26. The predicted octanol–water partition coefficient (Wildman–Crippen LogP) is 0.400. The molecule has 0 radical (unpaired) electrons. The Balaban J connectivity index is 2.99. The summed E-state index contributed by atoms with van der Waals surface area (Å²) in [7, 11) is 0. The lowest BCUT2D eigenvalue weighted by atomic mass is 10.1. The number of nitro groups is 1. The number of hydrogen-bond acceptors (Lipinski definition) is 7. The molecule has 18 heavy (non-hydrogen) atoms. The van der Waals surface area contributed by atoms with Gasteiger partial charge in [-0.3, -0.25) is 0 Å². The van der Waals surface area contributed by atoms with E-state index in [1.807, 2.05) is 0 Å². The minimum atomic E-state index is -1.56. The summed E-state index contributed by atoms with van der Waals surface area (Å²) in [6.07, 6.45) is -3.01. The minimum absolute atomic E-state index is 0.208. The predicted molar refractivity (Wildman–Crippen MR) is 57.5 cm³/mol. The lowest BCUT2D eigenvalue weighted by molar-refractivity contribution is -0.390. The van der Waals surface area contributed by atoms with Gasteiger partial charge >= 0.3 is 5.82 Å². The summed E-state index contributed by atoms with van der Waals surface area (Å²) < 4.78 is 0. The second-order valence-electron chi connectivity index (χ2n) is 3.26. The van der Waals surface area contributed by atoms with Gasteiger partial charge in [-0.15, -0.1) is 0 Å². The van der Waals surface area contributed by atoms with Gasteiger partial charge in [0, 0.05) is 4.91 Å². The third-order valence-electron chi connectivity index (χ3n) is 2.05. The highest BCUT2D eigenvalue weighted by Crippen LogP contribution is 2.26. The third kappa shape index (κ3) is 3.04. The summed E-state index contributed by atoms with van der Waals surface area (Å²) in [4.78, 5) is 15.4. The van der Waals surface area contributed by atoms with Gasteiger partial charge in [-0.1, -0.05) is 5.11 Å². The molecule has 2 unspecified atom stereocenters. The average Bonchev–Trinajstić information content (AvgIpc) is 2.35. The summed E-state index contributed by atoms with van der Waals surface area (Å²) in [6, 6.07) is 2.09. The number of aromatic nitrogens is 1. The largest absolute Gasteiger partial charge is 0.501 e. The third-order valence-corrected chi connectivity index (χ3v) is 2.05. The number of pyridine rings is 1. The average molecular weight is 255 g/mol. The van der Waals surface area contributed by atoms with E-state index < -0.39 is 35.2 Å². The van der Waals surface area contributed by atoms with Crippen molar-refractivity contribution in [1.82, 2.24) is 4.98 Å². The number of aliphatic hydroxyl groups excluding tert-OH is 2. The molecule has 2 atom stereocenters. The zero-order chi connectivity index (χ0) is 13.7. The molecule has 1 rings (SSSR count). The Bertz CT molecular complexity index is 501. The second kappa shape index (κ2) is 5.77. The number of rotatable bonds is 5. The van der Waals surface area contributed by atoms with Gasteiger partial charge in [0.2, 0.25) is 5.75 Å². The van der Waals surface area contributed by atoms with E-state index in [0.717, 1.165) is 12.1 Å². The number of aliphatic hydroxyl groups is 2. The Hall–Kier alpha value is -2.42. The molecule has 0 fully saturated rings. The fourth-order valence-corrected chi connectivity index (χ4v) is 1.17. The molecule has 1 aromatic rings. The summed E-state index contributed by atoms with van der Waals surface area (Å²) in [5.74, 6) is -1.48. The lowest BCUT2D eigenvalue weighted by Crippen LogP contribution is -2.22. The first-order valence-corrected chi connectivity index (χ1v) is 4.68. The molecule has 0 aromatic carbocycles. The van der Waals surface area contributed by atoms with Gasteiger partial charge in [-0.05, 0) is 27.6 Å². The summed E-state index contributed by atoms with van der Waals surface area (Å²) >= 11 is 0.